The Kier molecular flexibility index (Phi) is 4.22. The van der Waals surface area contributed by atoms with E-state index in [1.807, 2.05) is 66.7 Å². The van der Waals surface area contributed by atoms with Crippen molar-refractivity contribution in [2.24, 2.45) is 5.10 Å². The summed E-state index contributed by atoms with van der Waals surface area (Å²) in [4.78, 5) is 0. The molecule has 0 unspecified atom stereocenters. The van der Waals surface area contributed by atoms with E-state index in [9.17, 15) is 0 Å². The number of anilines is 1. The molecule has 7 heteroatoms. The number of hydrazone groups is 1. The smallest absolute Gasteiger partial charge is 0.185 e. The van der Waals surface area contributed by atoms with Gasteiger partial charge in [0, 0.05) is 10.0 Å². The summed E-state index contributed by atoms with van der Waals surface area (Å²) in [6, 6.07) is 21.4. The topological polar surface area (TPSA) is 67.5 Å². The van der Waals surface area contributed by atoms with E-state index in [1.54, 1.807) is 10.7 Å². The highest BCUT2D eigenvalue weighted by Crippen LogP contribution is 2.20. The Bertz CT molecular complexity index is 1020. The van der Waals surface area contributed by atoms with Gasteiger partial charge in [-0.2, -0.15) is 9.62 Å². The van der Waals surface area contributed by atoms with Crippen molar-refractivity contribution in [2.75, 3.05) is 5.43 Å². The maximum absolute atomic E-state index is 4.52. The molecule has 0 fully saturated rings. The highest BCUT2D eigenvalue weighted by molar-refractivity contribution is 9.10. The summed E-state index contributed by atoms with van der Waals surface area (Å²) in [6.45, 7) is 0. The van der Waals surface area contributed by atoms with Gasteiger partial charge in [0.1, 0.15) is 0 Å². The largest absolute Gasteiger partial charge is 0.260 e. The third kappa shape index (κ3) is 3.41. The van der Waals surface area contributed by atoms with Crippen molar-refractivity contribution in [3.8, 4) is 11.4 Å². The molecule has 1 N–H and O–H groups in total. The highest BCUT2D eigenvalue weighted by atomic mass is 79.9. The van der Waals surface area contributed by atoms with Gasteiger partial charge in [0.05, 0.1) is 6.21 Å². The van der Waals surface area contributed by atoms with Gasteiger partial charge in [-0.25, -0.2) is 0 Å². The van der Waals surface area contributed by atoms with Crippen LogP contribution < -0.4 is 5.43 Å². The van der Waals surface area contributed by atoms with E-state index in [4.69, 9.17) is 0 Å². The Morgan fingerprint density at radius 3 is 2.52 bits per heavy atom. The van der Waals surface area contributed by atoms with Crippen LogP contribution in [-0.4, -0.2) is 26.0 Å². The van der Waals surface area contributed by atoms with E-state index >= 15 is 0 Å². The van der Waals surface area contributed by atoms with Gasteiger partial charge in [0.2, 0.25) is 0 Å². The van der Waals surface area contributed by atoms with Crippen molar-refractivity contribution >= 4 is 33.6 Å². The molecule has 0 aliphatic rings. The van der Waals surface area contributed by atoms with Gasteiger partial charge in [-0.05, 0) is 29.8 Å². The van der Waals surface area contributed by atoms with Crippen LogP contribution in [0.1, 0.15) is 5.56 Å². The van der Waals surface area contributed by atoms with Crippen LogP contribution in [0.15, 0.2) is 76.3 Å². The number of benzene rings is 2. The average molecular weight is 393 g/mol. The molecule has 0 spiro atoms. The minimum atomic E-state index is 0.609. The standard InChI is InChI=1S/C18H13BrN6/c19-15-8-6-14(7-9-15)18-23-22-17-11-10-16(24-25(17)18)21-20-12-13-4-2-1-3-5-13/h1-12H,(H,21,24)/b20-12+. The lowest BCUT2D eigenvalue weighted by molar-refractivity contribution is 0.934. The maximum Gasteiger partial charge on any atom is 0.185 e. The minimum Gasteiger partial charge on any atom is -0.260 e. The number of nitrogens with zero attached hydrogens (tertiary/aromatic N) is 5. The van der Waals surface area contributed by atoms with Crippen molar-refractivity contribution < 1.29 is 0 Å². The van der Waals surface area contributed by atoms with Crippen molar-refractivity contribution in [1.29, 1.82) is 0 Å². The van der Waals surface area contributed by atoms with Gasteiger partial charge >= 0.3 is 0 Å². The summed E-state index contributed by atoms with van der Waals surface area (Å²) in [5.74, 6) is 1.29. The fourth-order valence-corrected chi connectivity index (χ4v) is 2.60. The molecule has 0 atom stereocenters. The summed E-state index contributed by atoms with van der Waals surface area (Å²) >= 11 is 3.43. The predicted molar refractivity (Wildman–Crippen MR) is 102 cm³/mol. The van der Waals surface area contributed by atoms with Gasteiger partial charge in [-0.1, -0.05) is 58.4 Å². The molecule has 6 nitrogen and oxygen atoms in total. The Labute approximate surface area is 152 Å². The quantitative estimate of drug-likeness (QED) is 0.421. The minimum absolute atomic E-state index is 0.609. The van der Waals surface area contributed by atoms with Gasteiger partial charge in [0.25, 0.3) is 0 Å². The van der Waals surface area contributed by atoms with Gasteiger partial charge in [-0.3, -0.25) is 5.43 Å². The molecule has 4 rings (SSSR count). The molecular formula is C18H13BrN6. The third-order valence-electron chi connectivity index (χ3n) is 3.56. The molecule has 0 aliphatic heterocycles. The molecule has 4 aromatic rings. The molecule has 0 amide bonds. The third-order valence-corrected chi connectivity index (χ3v) is 4.09. The first kappa shape index (κ1) is 15.5. The molecule has 0 aliphatic carbocycles. The molecule has 0 saturated carbocycles. The molecule has 2 aromatic heterocycles. The average Bonchev–Trinajstić information content (AvgIpc) is 3.07. The first-order chi connectivity index (χ1) is 12.3. The van der Waals surface area contributed by atoms with Crippen LogP contribution >= 0.6 is 15.9 Å². The van der Waals surface area contributed by atoms with Gasteiger partial charge in [-0.15, -0.1) is 15.3 Å². The molecule has 2 aromatic carbocycles. The van der Waals surface area contributed by atoms with E-state index in [0.717, 1.165) is 15.6 Å². The Hall–Kier alpha value is -3.06. The maximum atomic E-state index is 4.52. The second-order valence-electron chi connectivity index (χ2n) is 5.30. The Morgan fingerprint density at radius 2 is 1.72 bits per heavy atom. The summed E-state index contributed by atoms with van der Waals surface area (Å²) in [5, 5.41) is 17.1. The highest BCUT2D eigenvalue weighted by Gasteiger charge is 2.09. The van der Waals surface area contributed by atoms with Crippen LogP contribution in [-0.2, 0) is 0 Å². The second-order valence-corrected chi connectivity index (χ2v) is 6.22. The number of halogens is 1. The van der Waals surface area contributed by atoms with Crippen molar-refractivity contribution in [2.45, 2.75) is 0 Å². The SMILES string of the molecule is Brc1ccc(-c2nnc3ccc(N/N=C/c4ccccc4)nn23)cc1. The number of rotatable bonds is 4. The van der Waals surface area contributed by atoms with E-state index in [-0.39, 0.29) is 0 Å². The zero-order valence-electron chi connectivity index (χ0n) is 13.0. The van der Waals surface area contributed by atoms with E-state index in [2.05, 4.69) is 41.8 Å². The predicted octanol–water partition coefficient (Wildman–Crippen LogP) is 4.00. The molecule has 2 heterocycles. The zero-order chi connectivity index (χ0) is 17.1. The van der Waals surface area contributed by atoms with E-state index < -0.39 is 0 Å². The van der Waals surface area contributed by atoms with Gasteiger partial charge < -0.3 is 0 Å². The van der Waals surface area contributed by atoms with Crippen LogP contribution in [0.2, 0.25) is 0 Å². The summed E-state index contributed by atoms with van der Waals surface area (Å²) in [5.41, 5.74) is 5.56. The molecular weight excluding hydrogens is 380 g/mol. The van der Waals surface area contributed by atoms with Gasteiger partial charge in [0.15, 0.2) is 17.3 Å². The van der Waals surface area contributed by atoms with Crippen LogP contribution in [0.4, 0.5) is 5.82 Å². The molecule has 122 valence electrons. The molecule has 0 bridgehead atoms. The number of nitrogens with one attached hydrogen (secondary N) is 1. The lowest BCUT2D eigenvalue weighted by Gasteiger charge is -2.02. The van der Waals surface area contributed by atoms with Crippen LogP contribution in [0.25, 0.3) is 17.0 Å². The van der Waals surface area contributed by atoms with Crippen LogP contribution in [0.3, 0.4) is 0 Å². The fraction of sp³-hybridized carbons (Fsp3) is 0. The molecule has 0 saturated heterocycles. The van der Waals surface area contributed by atoms with Crippen LogP contribution in [0.5, 0.6) is 0 Å². The Morgan fingerprint density at radius 1 is 0.920 bits per heavy atom. The van der Waals surface area contributed by atoms with E-state index in [0.29, 0.717) is 17.3 Å². The second kappa shape index (κ2) is 6.82. The van der Waals surface area contributed by atoms with Crippen LogP contribution in [0, 0.1) is 0 Å². The monoisotopic (exact) mass is 392 g/mol. The summed E-state index contributed by atoms with van der Waals surface area (Å²) in [7, 11) is 0. The summed E-state index contributed by atoms with van der Waals surface area (Å²) in [6.07, 6.45) is 1.74. The number of hydrogen-bond acceptors (Lipinski definition) is 5. The fourth-order valence-electron chi connectivity index (χ4n) is 2.34. The first-order valence-corrected chi connectivity index (χ1v) is 8.41. The van der Waals surface area contributed by atoms with Crippen molar-refractivity contribution in [3.63, 3.8) is 0 Å². The lowest BCUT2D eigenvalue weighted by atomic mass is 10.2. The number of fused-ring (bicyclic) bond motifs is 1. The van der Waals surface area contributed by atoms with E-state index in [1.165, 1.54) is 0 Å². The van der Waals surface area contributed by atoms with Crippen molar-refractivity contribution in [1.82, 2.24) is 19.8 Å². The zero-order valence-corrected chi connectivity index (χ0v) is 14.6. The van der Waals surface area contributed by atoms with Crippen molar-refractivity contribution in [3.05, 3.63) is 76.8 Å². The Balaban J connectivity index is 1.62. The molecule has 25 heavy (non-hydrogen) atoms. The first-order valence-electron chi connectivity index (χ1n) is 7.62. The number of aromatic nitrogens is 4. The summed E-state index contributed by atoms with van der Waals surface area (Å²) < 4.78 is 2.71. The molecule has 0 radical (unpaired) electrons. The number of hydrogen-bond donors (Lipinski definition) is 1. The normalized spacial score (nSPS) is 11.2. The lowest BCUT2D eigenvalue weighted by Crippen LogP contribution is -2.00.